The number of methoxy groups -OCH3 is 3. The number of likely N-dealkylation sites (tertiary alicyclic amines) is 1. The SMILES string of the molecule is COc1cc(CC(=O)N2CCCC[C@@H]2C(C)C)cc(OC)c1OC. The summed E-state index contributed by atoms with van der Waals surface area (Å²) in [6.07, 6.45) is 3.74. The van der Waals surface area contributed by atoms with E-state index in [1.165, 1.54) is 6.42 Å². The number of carbonyl (C=O) groups is 1. The molecule has 1 amide bonds. The average molecular weight is 335 g/mol. The topological polar surface area (TPSA) is 48.0 Å². The van der Waals surface area contributed by atoms with E-state index in [0.29, 0.717) is 35.6 Å². The Kier molecular flexibility index (Phi) is 6.35. The fourth-order valence-electron chi connectivity index (χ4n) is 3.47. The lowest BCUT2D eigenvalue weighted by Crippen LogP contribution is -2.47. The number of amides is 1. The van der Waals surface area contributed by atoms with Crippen molar-refractivity contribution in [2.45, 2.75) is 45.6 Å². The Labute approximate surface area is 144 Å². The van der Waals surface area contributed by atoms with Crippen molar-refractivity contribution in [2.24, 2.45) is 5.92 Å². The molecule has 0 unspecified atom stereocenters. The second kappa shape index (κ2) is 8.27. The van der Waals surface area contributed by atoms with Crippen LogP contribution in [0, 0.1) is 5.92 Å². The third kappa shape index (κ3) is 3.94. The highest BCUT2D eigenvalue weighted by atomic mass is 16.5. The average Bonchev–Trinajstić information content (AvgIpc) is 2.60. The molecule has 1 aromatic rings. The van der Waals surface area contributed by atoms with Gasteiger partial charge in [0.2, 0.25) is 11.7 Å². The van der Waals surface area contributed by atoms with Gasteiger partial charge in [0.05, 0.1) is 27.8 Å². The molecule has 1 fully saturated rings. The van der Waals surface area contributed by atoms with E-state index in [-0.39, 0.29) is 5.91 Å². The molecule has 2 rings (SSSR count). The van der Waals surface area contributed by atoms with Gasteiger partial charge in [-0.3, -0.25) is 4.79 Å². The summed E-state index contributed by atoms with van der Waals surface area (Å²) in [6, 6.07) is 4.05. The number of hydrogen-bond donors (Lipinski definition) is 0. The van der Waals surface area contributed by atoms with Gasteiger partial charge in [-0.25, -0.2) is 0 Å². The maximum Gasteiger partial charge on any atom is 0.227 e. The molecule has 134 valence electrons. The number of rotatable bonds is 6. The summed E-state index contributed by atoms with van der Waals surface area (Å²) in [6.45, 7) is 5.23. The molecule has 0 saturated carbocycles. The van der Waals surface area contributed by atoms with Gasteiger partial charge in [0.15, 0.2) is 11.5 Å². The summed E-state index contributed by atoms with van der Waals surface area (Å²) in [5.74, 6) is 2.36. The number of ether oxygens (including phenoxy) is 3. The van der Waals surface area contributed by atoms with Crippen LogP contribution in [-0.4, -0.2) is 44.7 Å². The van der Waals surface area contributed by atoms with Gasteiger partial charge in [-0.05, 0) is 42.9 Å². The second-order valence-electron chi connectivity index (χ2n) is 6.60. The maximum atomic E-state index is 12.8. The van der Waals surface area contributed by atoms with Crippen molar-refractivity contribution in [1.82, 2.24) is 4.90 Å². The van der Waals surface area contributed by atoms with Gasteiger partial charge in [0.1, 0.15) is 0 Å². The van der Waals surface area contributed by atoms with E-state index in [1.807, 2.05) is 12.1 Å². The zero-order valence-corrected chi connectivity index (χ0v) is 15.4. The van der Waals surface area contributed by atoms with Crippen LogP contribution in [0.15, 0.2) is 12.1 Å². The van der Waals surface area contributed by atoms with E-state index in [1.54, 1.807) is 21.3 Å². The first-order valence-corrected chi connectivity index (χ1v) is 8.60. The van der Waals surface area contributed by atoms with Gasteiger partial charge in [-0.15, -0.1) is 0 Å². The van der Waals surface area contributed by atoms with Gasteiger partial charge in [-0.1, -0.05) is 13.8 Å². The Hall–Kier alpha value is -1.91. The molecule has 1 heterocycles. The summed E-state index contributed by atoms with van der Waals surface area (Å²) in [4.78, 5) is 14.9. The standard InChI is InChI=1S/C19H29NO4/c1-13(2)15-8-6-7-9-20(15)18(21)12-14-10-16(22-3)19(24-5)17(11-14)23-4/h10-11,13,15H,6-9,12H2,1-5H3/t15-/m1/s1. The molecule has 1 saturated heterocycles. The predicted molar refractivity (Wildman–Crippen MR) is 94.0 cm³/mol. The Balaban J connectivity index is 2.21. The van der Waals surface area contributed by atoms with E-state index >= 15 is 0 Å². The number of carbonyl (C=O) groups excluding carboxylic acids is 1. The lowest BCUT2D eigenvalue weighted by Gasteiger charge is -2.38. The highest BCUT2D eigenvalue weighted by Crippen LogP contribution is 2.38. The normalized spacial score (nSPS) is 17.8. The number of nitrogens with zero attached hydrogens (tertiary/aromatic N) is 1. The Morgan fingerprint density at radius 2 is 1.75 bits per heavy atom. The number of hydrogen-bond acceptors (Lipinski definition) is 4. The first-order valence-electron chi connectivity index (χ1n) is 8.60. The highest BCUT2D eigenvalue weighted by Gasteiger charge is 2.29. The summed E-state index contributed by atoms with van der Waals surface area (Å²) in [7, 11) is 4.75. The molecule has 5 nitrogen and oxygen atoms in total. The van der Waals surface area contributed by atoms with Crippen LogP contribution in [-0.2, 0) is 11.2 Å². The molecular weight excluding hydrogens is 306 g/mol. The summed E-state index contributed by atoms with van der Waals surface area (Å²) < 4.78 is 16.1. The van der Waals surface area contributed by atoms with Crippen LogP contribution in [0.25, 0.3) is 0 Å². The van der Waals surface area contributed by atoms with Gasteiger partial charge < -0.3 is 19.1 Å². The van der Waals surface area contributed by atoms with E-state index in [9.17, 15) is 4.79 Å². The molecule has 1 aliphatic heterocycles. The summed E-state index contributed by atoms with van der Waals surface area (Å²) in [5.41, 5.74) is 0.877. The lowest BCUT2D eigenvalue weighted by molar-refractivity contribution is -0.135. The molecule has 1 atom stereocenters. The van der Waals surface area contributed by atoms with Crippen molar-refractivity contribution in [3.8, 4) is 17.2 Å². The molecule has 24 heavy (non-hydrogen) atoms. The van der Waals surface area contributed by atoms with Crippen LogP contribution in [0.1, 0.15) is 38.7 Å². The van der Waals surface area contributed by atoms with Gasteiger partial charge in [0.25, 0.3) is 0 Å². The monoisotopic (exact) mass is 335 g/mol. The molecule has 0 spiro atoms. The Morgan fingerprint density at radius 1 is 1.12 bits per heavy atom. The lowest BCUT2D eigenvalue weighted by atomic mass is 9.92. The quantitative estimate of drug-likeness (QED) is 0.800. The molecule has 0 bridgehead atoms. The molecule has 0 aromatic heterocycles. The Bertz CT molecular complexity index is 545. The fourth-order valence-corrected chi connectivity index (χ4v) is 3.47. The predicted octanol–water partition coefficient (Wildman–Crippen LogP) is 3.29. The summed E-state index contributed by atoms with van der Waals surface area (Å²) in [5, 5.41) is 0. The van der Waals surface area contributed by atoms with Gasteiger partial charge in [0, 0.05) is 12.6 Å². The number of benzene rings is 1. The van der Waals surface area contributed by atoms with Crippen molar-refractivity contribution in [3.63, 3.8) is 0 Å². The molecule has 5 heteroatoms. The maximum absolute atomic E-state index is 12.8. The van der Waals surface area contributed by atoms with E-state index in [0.717, 1.165) is 24.9 Å². The van der Waals surface area contributed by atoms with Crippen molar-refractivity contribution < 1.29 is 19.0 Å². The third-order valence-corrected chi connectivity index (χ3v) is 4.72. The van der Waals surface area contributed by atoms with Gasteiger partial charge >= 0.3 is 0 Å². The highest BCUT2D eigenvalue weighted by molar-refractivity contribution is 5.80. The molecule has 0 N–H and O–H groups in total. The minimum Gasteiger partial charge on any atom is -0.493 e. The van der Waals surface area contributed by atoms with E-state index < -0.39 is 0 Å². The molecule has 0 radical (unpaired) electrons. The first kappa shape index (κ1) is 18.4. The zero-order valence-electron chi connectivity index (χ0n) is 15.4. The largest absolute Gasteiger partial charge is 0.493 e. The van der Waals surface area contributed by atoms with Crippen LogP contribution >= 0.6 is 0 Å². The minimum atomic E-state index is 0.169. The van der Waals surface area contributed by atoms with E-state index in [4.69, 9.17) is 14.2 Å². The van der Waals surface area contributed by atoms with Crippen molar-refractivity contribution >= 4 is 5.91 Å². The van der Waals surface area contributed by atoms with E-state index in [2.05, 4.69) is 18.7 Å². The van der Waals surface area contributed by atoms with Crippen molar-refractivity contribution in [3.05, 3.63) is 17.7 Å². The first-order chi connectivity index (χ1) is 11.5. The smallest absolute Gasteiger partial charge is 0.227 e. The van der Waals surface area contributed by atoms with Gasteiger partial charge in [-0.2, -0.15) is 0 Å². The van der Waals surface area contributed by atoms with Crippen LogP contribution in [0.5, 0.6) is 17.2 Å². The second-order valence-corrected chi connectivity index (χ2v) is 6.60. The molecular formula is C19H29NO4. The minimum absolute atomic E-state index is 0.169. The molecule has 0 aliphatic carbocycles. The molecule has 1 aliphatic rings. The zero-order chi connectivity index (χ0) is 17.7. The third-order valence-electron chi connectivity index (χ3n) is 4.72. The van der Waals surface area contributed by atoms with Crippen LogP contribution in [0.3, 0.4) is 0 Å². The van der Waals surface area contributed by atoms with Crippen LogP contribution < -0.4 is 14.2 Å². The fraction of sp³-hybridized carbons (Fsp3) is 0.632. The Morgan fingerprint density at radius 3 is 2.25 bits per heavy atom. The summed E-state index contributed by atoms with van der Waals surface area (Å²) >= 11 is 0. The number of piperidine rings is 1. The van der Waals surface area contributed by atoms with Crippen molar-refractivity contribution in [1.29, 1.82) is 0 Å². The molecule has 1 aromatic carbocycles. The van der Waals surface area contributed by atoms with Crippen molar-refractivity contribution in [2.75, 3.05) is 27.9 Å². The van der Waals surface area contributed by atoms with Crippen LogP contribution in [0.4, 0.5) is 0 Å². The van der Waals surface area contributed by atoms with Crippen LogP contribution in [0.2, 0.25) is 0 Å².